The van der Waals surface area contributed by atoms with E-state index in [1.807, 2.05) is 0 Å². The fourth-order valence-corrected chi connectivity index (χ4v) is 2.84. The van der Waals surface area contributed by atoms with Crippen molar-refractivity contribution in [3.8, 4) is 0 Å². The van der Waals surface area contributed by atoms with Gasteiger partial charge in [0.25, 0.3) is 0 Å². The van der Waals surface area contributed by atoms with Gasteiger partial charge in [0.15, 0.2) is 0 Å². The maximum absolute atomic E-state index is 11.6. The lowest BCUT2D eigenvalue weighted by molar-refractivity contribution is -0.126. The molecule has 2 atom stereocenters. The second-order valence-electron chi connectivity index (χ2n) is 5.57. The summed E-state index contributed by atoms with van der Waals surface area (Å²) in [5.41, 5.74) is 0. The number of hydrogen-bond donors (Lipinski definition) is 2. The van der Waals surface area contributed by atoms with Crippen LogP contribution in [0.1, 0.15) is 39.0 Å². The van der Waals surface area contributed by atoms with Crippen molar-refractivity contribution in [3.05, 3.63) is 0 Å². The smallest absolute Gasteiger partial charge is 0.225 e. The monoisotopic (exact) mass is 224 g/mol. The summed E-state index contributed by atoms with van der Waals surface area (Å²) in [7, 11) is 0. The highest BCUT2D eigenvalue weighted by molar-refractivity contribution is 5.79. The van der Waals surface area contributed by atoms with Crippen molar-refractivity contribution in [3.63, 3.8) is 0 Å². The summed E-state index contributed by atoms with van der Waals surface area (Å²) in [6, 6.07) is 0. The maximum atomic E-state index is 11.6. The molecule has 2 unspecified atom stereocenters. The highest BCUT2D eigenvalue weighted by Crippen LogP contribution is 2.30. The quantitative estimate of drug-likeness (QED) is 0.760. The molecule has 0 bridgehead atoms. The van der Waals surface area contributed by atoms with Gasteiger partial charge in [-0.2, -0.15) is 0 Å². The fourth-order valence-electron chi connectivity index (χ4n) is 2.84. The zero-order valence-corrected chi connectivity index (χ0v) is 10.3. The minimum absolute atomic E-state index is 0.241. The van der Waals surface area contributed by atoms with E-state index >= 15 is 0 Å². The van der Waals surface area contributed by atoms with E-state index in [0.717, 1.165) is 31.5 Å². The summed E-state index contributed by atoms with van der Waals surface area (Å²) in [6.45, 7) is 4.97. The number of hydrogen-bond acceptors (Lipinski definition) is 2. The molecule has 1 aliphatic heterocycles. The highest BCUT2D eigenvalue weighted by atomic mass is 16.2. The first-order valence-corrected chi connectivity index (χ1v) is 6.74. The van der Waals surface area contributed by atoms with Gasteiger partial charge in [-0.25, -0.2) is 0 Å². The van der Waals surface area contributed by atoms with Gasteiger partial charge >= 0.3 is 0 Å². The zero-order valence-electron chi connectivity index (χ0n) is 10.3. The molecule has 2 aliphatic rings. The van der Waals surface area contributed by atoms with Crippen LogP contribution in [-0.4, -0.2) is 25.5 Å². The summed E-state index contributed by atoms with van der Waals surface area (Å²) in [5.74, 6) is 2.24. The number of amides is 1. The highest BCUT2D eigenvalue weighted by Gasteiger charge is 2.24. The van der Waals surface area contributed by atoms with Crippen LogP contribution < -0.4 is 10.6 Å². The Labute approximate surface area is 98.4 Å². The lowest BCUT2D eigenvalue weighted by Crippen LogP contribution is -2.51. The molecule has 1 saturated carbocycles. The Kier molecular flexibility index (Phi) is 4.22. The van der Waals surface area contributed by atoms with Crippen molar-refractivity contribution in [2.45, 2.75) is 39.0 Å². The summed E-state index contributed by atoms with van der Waals surface area (Å²) in [4.78, 5) is 11.6. The van der Waals surface area contributed by atoms with Crippen LogP contribution in [0.4, 0.5) is 0 Å². The molecule has 3 heteroatoms. The molecule has 3 nitrogen and oxygen atoms in total. The second kappa shape index (κ2) is 5.67. The van der Waals surface area contributed by atoms with Gasteiger partial charge in [0.1, 0.15) is 0 Å². The first-order valence-electron chi connectivity index (χ1n) is 6.74. The van der Waals surface area contributed by atoms with E-state index in [4.69, 9.17) is 0 Å². The van der Waals surface area contributed by atoms with Gasteiger partial charge < -0.3 is 10.6 Å². The van der Waals surface area contributed by atoms with Crippen LogP contribution in [0.3, 0.4) is 0 Å². The van der Waals surface area contributed by atoms with Crippen molar-refractivity contribution in [2.75, 3.05) is 19.6 Å². The van der Waals surface area contributed by atoms with E-state index in [9.17, 15) is 4.79 Å². The van der Waals surface area contributed by atoms with Gasteiger partial charge in [0.2, 0.25) is 5.91 Å². The molecule has 92 valence electrons. The van der Waals surface area contributed by atoms with Gasteiger partial charge in [0.05, 0.1) is 5.92 Å². The van der Waals surface area contributed by atoms with Gasteiger partial charge in [-0.15, -0.1) is 0 Å². The van der Waals surface area contributed by atoms with E-state index < -0.39 is 0 Å². The molecule has 2 fully saturated rings. The minimum Gasteiger partial charge on any atom is -0.356 e. The molecule has 1 amide bonds. The van der Waals surface area contributed by atoms with Crippen LogP contribution in [0.2, 0.25) is 0 Å². The maximum Gasteiger partial charge on any atom is 0.225 e. The van der Waals surface area contributed by atoms with Crippen LogP contribution >= 0.6 is 0 Å². The first-order chi connectivity index (χ1) is 7.75. The summed E-state index contributed by atoms with van der Waals surface area (Å²) in [6.07, 6.45) is 6.69. The number of nitrogens with one attached hydrogen (secondary N) is 2. The molecule has 0 spiro atoms. The van der Waals surface area contributed by atoms with E-state index in [0.29, 0.717) is 0 Å². The minimum atomic E-state index is 0.241. The Balaban J connectivity index is 1.58. The average molecular weight is 224 g/mol. The molecule has 1 heterocycles. The first kappa shape index (κ1) is 11.9. The normalized spacial score (nSPS) is 30.8. The average Bonchev–Trinajstić information content (AvgIpc) is 2.15. The lowest BCUT2D eigenvalue weighted by Gasteiger charge is -2.28. The van der Waals surface area contributed by atoms with E-state index in [2.05, 4.69) is 17.6 Å². The van der Waals surface area contributed by atoms with Crippen molar-refractivity contribution >= 4 is 5.91 Å². The zero-order chi connectivity index (χ0) is 11.4. The molecule has 2 N–H and O–H groups in total. The molecule has 0 aromatic rings. The van der Waals surface area contributed by atoms with Gasteiger partial charge in [0, 0.05) is 19.6 Å². The van der Waals surface area contributed by atoms with Gasteiger partial charge in [-0.05, 0) is 24.7 Å². The third-order valence-electron chi connectivity index (χ3n) is 4.05. The molecule has 16 heavy (non-hydrogen) atoms. The lowest BCUT2D eigenvalue weighted by atomic mass is 9.81. The Hall–Kier alpha value is -0.570. The van der Waals surface area contributed by atoms with Crippen molar-refractivity contribution in [2.24, 2.45) is 17.8 Å². The van der Waals surface area contributed by atoms with Crippen molar-refractivity contribution in [1.82, 2.24) is 10.6 Å². The third-order valence-corrected chi connectivity index (χ3v) is 4.05. The van der Waals surface area contributed by atoms with Gasteiger partial charge in [-0.3, -0.25) is 4.79 Å². The molecular weight excluding hydrogens is 200 g/mol. The molecule has 1 saturated heterocycles. The van der Waals surface area contributed by atoms with Crippen LogP contribution in [0, 0.1) is 17.8 Å². The molecule has 0 aromatic carbocycles. The van der Waals surface area contributed by atoms with Crippen LogP contribution in [0.25, 0.3) is 0 Å². The van der Waals surface area contributed by atoms with Crippen LogP contribution in [0.15, 0.2) is 0 Å². The predicted molar refractivity (Wildman–Crippen MR) is 65.1 cm³/mol. The number of carbonyl (C=O) groups excluding carboxylic acids is 1. The van der Waals surface area contributed by atoms with Crippen molar-refractivity contribution < 1.29 is 4.79 Å². The summed E-state index contributed by atoms with van der Waals surface area (Å²) >= 11 is 0. The second-order valence-corrected chi connectivity index (χ2v) is 5.57. The molecular formula is C13H24N2O. The summed E-state index contributed by atoms with van der Waals surface area (Å²) < 4.78 is 0. The number of rotatable bonds is 4. The van der Waals surface area contributed by atoms with E-state index in [-0.39, 0.29) is 11.8 Å². The van der Waals surface area contributed by atoms with Gasteiger partial charge in [-0.1, -0.05) is 26.2 Å². The fraction of sp³-hybridized carbons (Fsp3) is 0.923. The summed E-state index contributed by atoms with van der Waals surface area (Å²) in [5, 5.41) is 6.19. The predicted octanol–water partition coefficient (Wildman–Crippen LogP) is 1.54. The van der Waals surface area contributed by atoms with Crippen LogP contribution in [0.5, 0.6) is 0 Å². The molecule has 2 rings (SSSR count). The number of carbonyl (C=O) groups is 1. The van der Waals surface area contributed by atoms with E-state index in [1.165, 1.54) is 32.1 Å². The third kappa shape index (κ3) is 3.21. The standard InChI is InChI=1S/C13H24N2O/c1-10-3-2-4-11(7-10)5-6-15-13(16)12-8-14-9-12/h10-12,14H,2-9H2,1H3,(H,15,16). The van der Waals surface area contributed by atoms with Crippen molar-refractivity contribution in [1.29, 1.82) is 0 Å². The SMILES string of the molecule is CC1CCCC(CCNC(=O)C2CNC2)C1. The van der Waals surface area contributed by atoms with E-state index in [1.54, 1.807) is 0 Å². The molecule has 1 aliphatic carbocycles. The molecule has 0 aromatic heterocycles. The Morgan fingerprint density at radius 1 is 1.38 bits per heavy atom. The Morgan fingerprint density at radius 3 is 2.81 bits per heavy atom. The Morgan fingerprint density at radius 2 is 2.19 bits per heavy atom. The molecule has 0 radical (unpaired) electrons. The van der Waals surface area contributed by atoms with Crippen LogP contribution in [-0.2, 0) is 4.79 Å². The largest absolute Gasteiger partial charge is 0.356 e. The topological polar surface area (TPSA) is 41.1 Å². The Bertz CT molecular complexity index is 238.